The van der Waals surface area contributed by atoms with Crippen LogP contribution in [0.1, 0.15) is 43.5 Å². The van der Waals surface area contributed by atoms with Crippen LogP contribution in [-0.4, -0.2) is 34.3 Å². The van der Waals surface area contributed by atoms with Gasteiger partial charge >= 0.3 is 0 Å². The Morgan fingerprint density at radius 2 is 1.64 bits per heavy atom. The molecular weight excluding hydrogens is 493 g/mol. The van der Waals surface area contributed by atoms with E-state index in [1.807, 2.05) is 61.5 Å². The molecule has 0 bridgehead atoms. The summed E-state index contributed by atoms with van der Waals surface area (Å²) in [7, 11) is 0. The molecule has 39 heavy (non-hydrogen) atoms. The summed E-state index contributed by atoms with van der Waals surface area (Å²) >= 11 is 0. The second kappa shape index (κ2) is 12.8. The molecule has 2 heterocycles. The number of unbranched alkanes of at least 4 members (excludes halogenated alkanes) is 1. The topological polar surface area (TPSA) is 48.8 Å². The number of rotatable bonds is 12. The van der Waals surface area contributed by atoms with Crippen LogP contribution >= 0.6 is 0 Å². The van der Waals surface area contributed by atoms with Gasteiger partial charge in [-0.1, -0.05) is 61.9 Å². The quantitative estimate of drug-likeness (QED) is 0.201. The molecular formula is C32H36FN3O3. The summed E-state index contributed by atoms with van der Waals surface area (Å²) in [6.07, 6.45) is 1.96. The van der Waals surface area contributed by atoms with Crippen molar-refractivity contribution in [2.75, 3.05) is 19.8 Å². The lowest BCUT2D eigenvalue weighted by molar-refractivity contribution is 0.170. The van der Waals surface area contributed by atoms with Gasteiger partial charge in [-0.25, -0.2) is 0 Å². The van der Waals surface area contributed by atoms with Crippen molar-refractivity contribution in [3.63, 3.8) is 0 Å². The summed E-state index contributed by atoms with van der Waals surface area (Å²) in [6, 6.07) is 24.0. The van der Waals surface area contributed by atoms with E-state index in [-0.39, 0.29) is 0 Å². The number of ether oxygens (including phenoxy) is 3. The van der Waals surface area contributed by atoms with Gasteiger partial charge in [0.25, 0.3) is 0 Å². The molecule has 0 radical (unpaired) electrons. The molecule has 0 N–H and O–H groups in total. The fourth-order valence-corrected chi connectivity index (χ4v) is 4.95. The zero-order chi connectivity index (χ0) is 27.0. The van der Waals surface area contributed by atoms with E-state index in [9.17, 15) is 0 Å². The molecule has 6 nitrogen and oxygen atoms in total. The average Bonchev–Trinajstić information content (AvgIpc) is 3.27. The largest absolute Gasteiger partial charge is 0.494 e. The third kappa shape index (κ3) is 6.60. The Morgan fingerprint density at radius 1 is 0.872 bits per heavy atom. The van der Waals surface area contributed by atoms with Crippen molar-refractivity contribution < 1.29 is 18.6 Å². The number of nitrogens with zero attached hydrogens (tertiary/aromatic N) is 3. The molecule has 7 heteroatoms. The molecule has 0 saturated heterocycles. The number of benzene rings is 3. The Kier molecular flexibility index (Phi) is 8.78. The minimum Gasteiger partial charge on any atom is -0.494 e. The Labute approximate surface area is 230 Å². The standard InChI is InChI=1S/C32H36FN3O3/c1-3-5-16-36-28(31(33)34-32(36)26-11-7-6-8-12-26)23-35(21-24-10-9-13-27(19-24)37-4-2)22-25-14-15-29-30(20-25)39-18-17-38-29/h6-15,19-20H,3-5,16-18,21-23H2,1-2H3. The highest BCUT2D eigenvalue weighted by atomic mass is 19.1. The molecule has 1 aromatic heterocycles. The highest BCUT2D eigenvalue weighted by Gasteiger charge is 2.22. The van der Waals surface area contributed by atoms with E-state index in [2.05, 4.69) is 39.6 Å². The summed E-state index contributed by atoms with van der Waals surface area (Å²) in [5.74, 6) is 2.61. The summed E-state index contributed by atoms with van der Waals surface area (Å²) in [5.41, 5.74) is 3.69. The number of halogens is 1. The van der Waals surface area contributed by atoms with Gasteiger partial charge in [0, 0.05) is 31.7 Å². The Hall–Kier alpha value is -3.84. The fraction of sp³-hybridized carbons (Fsp3) is 0.344. The SMILES string of the molecule is CCCCn1c(-c2ccccc2)nc(F)c1CN(Cc1cccc(OCC)c1)Cc1ccc2c(c1)OCCO2. The maximum absolute atomic E-state index is 15.6. The molecule has 0 spiro atoms. The van der Waals surface area contributed by atoms with Crippen molar-refractivity contribution in [1.29, 1.82) is 0 Å². The highest BCUT2D eigenvalue weighted by molar-refractivity contribution is 5.56. The first-order valence-corrected chi connectivity index (χ1v) is 13.8. The fourth-order valence-electron chi connectivity index (χ4n) is 4.95. The van der Waals surface area contributed by atoms with Gasteiger partial charge in [-0.15, -0.1) is 0 Å². The summed E-state index contributed by atoms with van der Waals surface area (Å²) < 4.78 is 34.9. The van der Waals surface area contributed by atoms with E-state index in [4.69, 9.17) is 14.2 Å². The Balaban J connectivity index is 1.48. The van der Waals surface area contributed by atoms with Crippen LogP contribution in [0.25, 0.3) is 11.4 Å². The molecule has 3 aromatic carbocycles. The van der Waals surface area contributed by atoms with Gasteiger partial charge < -0.3 is 18.8 Å². The molecule has 204 valence electrons. The van der Waals surface area contributed by atoms with Gasteiger partial charge in [-0.3, -0.25) is 4.90 Å². The second-order valence-electron chi connectivity index (χ2n) is 9.75. The Bertz CT molecular complexity index is 1370. The number of hydrogen-bond acceptors (Lipinski definition) is 5. The summed E-state index contributed by atoms with van der Waals surface area (Å²) in [5, 5.41) is 0. The molecule has 0 amide bonds. The molecule has 0 fully saturated rings. The third-order valence-corrected chi connectivity index (χ3v) is 6.79. The number of fused-ring (bicyclic) bond motifs is 1. The number of hydrogen-bond donors (Lipinski definition) is 0. The lowest BCUT2D eigenvalue weighted by Gasteiger charge is -2.25. The van der Waals surface area contributed by atoms with Crippen LogP contribution in [0.15, 0.2) is 72.8 Å². The van der Waals surface area contributed by atoms with Crippen LogP contribution in [0.5, 0.6) is 17.2 Å². The van der Waals surface area contributed by atoms with Crippen molar-refractivity contribution in [2.45, 2.75) is 52.9 Å². The van der Waals surface area contributed by atoms with Crippen LogP contribution in [0, 0.1) is 5.95 Å². The van der Waals surface area contributed by atoms with Crippen molar-refractivity contribution in [3.05, 3.63) is 95.6 Å². The molecule has 4 aromatic rings. The zero-order valence-corrected chi connectivity index (χ0v) is 22.7. The monoisotopic (exact) mass is 529 g/mol. The smallest absolute Gasteiger partial charge is 0.235 e. The van der Waals surface area contributed by atoms with Crippen LogP contribution in [0.4, 0.5) is 4.39 Å². The van der Waals surface area contributed by atoms with Gasteiger partial charge in [0.15, 0.2) is 11.5 Å². The van der Waals surface area contributed by atoms with E-state index >= 15 is 4.39 Å². The van der Waals surface area contributed by atoms with Crippen molar-refractivity contribution >= 4 is 0 Å². The van der Waals surface area contributed by atoms with E-state index in [1.165, 1.54) is 0 Å². The zero-order valence-electron chi connectivity index (χ0n) is 22.7. The number of imidazole rings is 1. The molecule has 0 atom stereocenters. The molecule has 1 aliphatic heterocycles. The highest BCUT2D eigenvalue weighted by Crippen LogP contribution is 2.32. The maximum Gasteiger partial charge on any atom is 0.235 e. The van der Waals surface area contributed by atoms with Crippen molar-refractivity contribution in [2.24, 2.45) is 0 Å². The minimum atomic E-state index is -0.416. The van der Waals surface area contributed by atoms with E-state index in [0.717, 1.165) is 46.8 Å². The molecule has 5 rings (SSSR count). The Morgan fingerprint density at radius 3 is 2.41 bits per heavy atom. The van der Waals surface area contributed by atoms with Gasteiger partial charge in [0.05, 0.1) is 12.3 Å². The maximum atomic E-state index is 15.6. The third-order valence-electron chi connectivity index (χ3n) is 6.79. The lowest BCUT2D eigenvalue weighted by Crippen LogP contribution is -2.25. The lowest BCUT2D eigenvalue weighted by atomic mass is 10.1. The first-order valence-electron chi connectivity index (χ1n) is 13.8. The van der Waals surface area contributed by atoms with Gasteiger partial charge in [0.1, 0.15) is 24.8 Å². The van der Waals surface area contributed by atoms with E-state index < -0.39 is 5.95 Å². The van der Waals surface area contributed by atoms with Crippen LogP contribution in [0.3, 0.4) is 0 Å². The summed E-state index contributed by atoms with van der Waals surface area (Å²) in [6.45, 7) is 8.17. The molecule has 0 aliphatic carbocycles. The molecule has 0 unspecified atom stereocenters. The van der Waals surface area contributed by atoms with Crippen LogP contribution in [0.2, 0.25) is 0 Å². The van der Waals surface area contributed by atoms with Gasteiger partial charge in [-0.05, 0) is 48.7 Å². The predicted octanol–water partition coefficient (Wildman–Crippen LogP) is 6.86. The number of aromatic nitrogens is 2. The predicted molar refractivity (Wildman–Crippen MR) is 151 cm³/mol. The summed E-state index contributed by atoms with van der Waals surface area (Å²) in [4.78, 5) is 6.65. The van der Waals surface area contributed by atoms with Crippen LogP contribution < -0.4 is 14.2 Å². The van der Waals surface area contributed by atoms with Gasteiger partial charge in [-0.2, -0.15) is 9.37 Å². The molecule has 1 aliphatic rings. The average molecular weight is 530 g/mol. The van der Waals surface area contributed by atoms with Crippen molar-refractivity contribution in [1.82, 2.24) is 14.5 Å². The second-order valence-corrected chi connectivity index (χ2v) is 9.75. The van der Waals surface area contributed by atoms with Crippen LogP contribution in [-0.2, 0) is 26.2 Å². The minimum absolute atomic E-state index is 0.405. The first-order chi connectivity index (χ1) is 19.1. The molecule has 0 saturated carbocycles. The van der Waals surface area contributed by atoms with Crippen molar-refractivity contribution in [3.8, 4) is 28.6 Å². The van der Waals surface area contributed by atoms with E-state index in [0.29, 0.717) is 57.5 Å². The van der Waals surface area contributed by atoms with Gasteiger partial charge in [0.2, 0.25) is 5.95 Å². The normalized spacial score (nSPS) is 12.6. The van der Waals surface area contributed by atoms with E-state index in [1.54, 1.807) is 0 Å². The first kappa shape index (κ1) is 26.8.